The maximum Gasteiger partial charge on any atom is 0.267 e. The Labute approximate surface area is 140 Å². The summed E-state index contributed by atoms with van der Waals surface area (Å²) >= 11 is 0. The Hall–Kier alpha value is -2.50. The van der Waals surface area contributed by atoms with Crippen molar-refractivity contribution in [2.75, 3.05) is 13.2 Å². The zero-order valence-electron chi connectivity index (χ0n) is 14.1. The summed E-state index contributed by atoms with van der Waals surface area (Å²) in [7, 11) is 0. The maximum atomic E-state index is 12.3. The smallest absolute Gasteiger partial charge is 0.267 e. The van der Waals surface area contributed by atoms with Crippen molar-refractivity contribution < 1.29 is 9.53 Å². The number of carbonyl (C=O) groups is 1. The molecule has 0 atom stereocenters. The Bertz CT molecular complexity index is 771. The van der Waals surface area contributed by atoms with Crippen LogP contribution in [0.4, 0.5) is 0 Å². The first-order valence-electron chi connectivity index (χ1n) is 8.31. The number of hydrogen-bond acceptors (Lipinski definition) is 3. The largest absolute Gasteiger partial charge is 0.493 e. The van der Waals surface area contributed by atoms with Gasteiger partial charge >= 0.3 is 0 Å². The number of aromatic nitrogens is 2. The standard InChI is InChI=1S/C18H23N3O3/c1-12-5-3-6-13(2)17(12)24-10-4-7-16(22)21-9-8-14-15(11-21)19-20-18(14)23/h3,5-6H,4,7-11H2,1-2H3,(H2,19,20,23). The van der Waals surface area contributed by atoms with E-state index in [1.165, 1.54) is 0 Å². The molecule has 1 aromatic carbocycles. The molecular weight excluding hydrogens is 306 g/mol. The van der Waals surface area contributed by atoms with Crippen molar-refractivity contribution in [3.63, 3.8) is 0 Å². The predicted octanol–water partition coefficient (Wildman–Crippen LogP) is 2.06. The number of aromatic amines is 2. The molecule has 0 aliphatic carbocycles. The van der Waals surface area contributed by atoms with Crippen LogP contribution in [0.3, 0.4) is 0 Å². The van der Waals surface area contributed by atoms with Gasteiger partial charge in [0.1, 0.15) is 5.75 Å². The minimum absolute atomic E-state index is 0.0703. The number of rotatable bonds is 5. The monoisotopic (exact) mass is 329 g/mol. The molecule has 0 unspecified atom stereocenters. The van der Waals surface area contributed by atoms with E-state index in [0.29, 0.717) is 39.0 Å². The fourth-order valence-corrected chi connectivity index (χ4v) is 3.13. The number of nitrogens with zero attached hydrogens (tertiary/aromatic N) is 1. The van der Waals surface area contributed by atoms with Gasteiger partial charge in [-0.15, -0.1) is 0 Å². The topological polar surface area (TPSA) is 78.2 Å². The summed E-state index contributed by atoms with van der Waals surface area (Å²) in [4.78, 5) is 25.7. The number of carbonyl (C=O) groups excluding carboxylic acids is 1. The zero-order valence-corrected chi connectivity index (χ0v) is 14.1. The molecule has 1 aromatic heterocycles. The highest BCUT2D eigenvalue weighted by atomic mass is 16.5. The summed E-state index contributed by atoms with van der Waals surface area (Å²) in [6, 6.07) is 6.06. The number of benzene rings is 1. The van der Waals surface area contributed by atoms with E-state index in [0.717, 1.165) is 28.1 Å². The van der Waals surface area contributed by atoms with Crippen LogP contribution in [0.25, 0.3) is 0 Å². The summed E-state index contributed by atoms with van der Waals surface area (Å²) in [5.41, 5.74) is 3.76. The second-order valence-corrected chi connectivity index (χ2v) is 6.27. The van der Waals surface area contributed by atoms with Crippen molar-refractivity contribution in [3.05, 3.63) is 50.9 Å². The molecule has 0 bridgehead atoms. The van der Waals surface area contributed by atoms with Gasteiger partial charge in [-0.1, -0.05) is 18.2 Å². The van der Waals surface area contributed by atoms with Crippen LogP contribution in [0.2, 0.25) is 0 Å². The number of para-hydroxylation sites is 1. The van der Waals surface area contributed by atoms with Gasteiger partial charge < -0.3 is 14.7 Å². The molecule has 1 aliphatic heterocycles. The van der Waals surface area contributed by atoms with E-state index in [1.54, 1.807) is 4.90 Å². The van der Waals surface area contributed by atoms with Crippen LogP contribution >= 0.6 is 0 Å². The summed E-state index contributed by atoms with van der Waals surface area (Å²) in [5, 5.41) is 5.44. The minimum atomic E-state index is -0.0703. The highest BCUT2D eigenvalue weighted by Gasteiger charge is 2.23. The molecule has 6 heteroatoms. The Morgan fingerprint density at radius 2 is 2.00 bits per heavy atom. The molecule has 2 heterocycles. The van der Waals surface area contributed by atoms with Gasteiger partial charge in [0.2, 0.25) is 5.91 Å². The van der Waals surface area contributed by atoms with Crippen molar-refractivity contribution in [1.82, 2.24) is 15.1 Å². The van der Waals surface area contributed by atoms with Crippen molar-refractivity contribution in [2.24, 2.45) is 0 Å². The Morgan fingerprint density at radius 3 is 2.75 bits per heavy atom. The first-order chi connectivity index (χ1) is 11.6. The molecule has 2 aromatic rings. The van der Waals surface area contributed by atoms with E-state index >= 15 is 0 Å². The molecule has 0 spiro atoms. The molecule has 6 nitrogen and oxygen atoms in total. The lowest BCUT2D eigenvalue weighted by molar-refractivity contribution is -0.132. The summed E-state index contributed by atoms with van der Waals surface area (Å²) in [5.74, 6) is 1.02. The zero-order chi connectivity index (χ0) is 17.1. The number of nitrogens with one attached hydrogen (secondary N) is 2. The fraction of sp³-hybridized carbons (Fsp3) is 0.444. The van der Waals surface area contributed by atoms with E-state index in [9.17, 15) is 9.59 Å². The van der Waals surface area contributed by atoms with Crippen LogP contribution in [0.15, 0.2) is 23.0 Å². The number of H-pyrrole nitrogens is 2. The first kappa shape index (κ1) is 16.4. The van der Waals surface area contributed by atoms with Crippen LogP contribution in [0.5, 0.6) is 5.75 Å². The molecule has 1 aliphatic rings. The molecule has 0 saturated carbocycles. The summed E-state index contributed by atoms with van der Waals surface area (Å²) in [6.07, 6.45) is 1.74. The lowest BCUT2D eigenvalue weighted by Crippen LogP contribution is -2.36. The van der Waals surface area contributed by atoms with E-state index in [-0.39, 0.29) is 11.5 Å². The quantitative estimate of drug-likeness (QED) is 0.824. The van der Waals surface area contributed by atoms with E-state index in [2.05, 4.69) is 10.2 Å². The minimum Gasteiger partial charge on any atom is -0.493 e. The number of hydrogen-bond donors (Lipinski definition) is 2. The predicted molar refractivity (Wildman–Crippen MR) is 91.2 cm³/mol. The van der Waals surface area contributed by atoms with Crippen molar-refractivity contribution in [3.8, 4) is 5.75 Å². The van der Waals surface area contributed by atoms with Crippen LogP contribution < -0.4 is 10.3 Å². The molecule has 24 heavy (non-hydrogen) atoms. The van der Waals surface area contributed by atoms with Gasteiger partial charge in [0.25, 0.3) is 5.56 Å². The average Bonchev–Trinajstić information content (AvgIpc) is 2.94. The van der Waals surface area contributed by atoms with Gasteiger partial charge in [-0.2, -0.15) is 0 Å². The van der Waals surface area contributed by atoms with Gasteiger partial charge in [-0.05, 0) is 37.8 Å². The molecule has 0 fully saturated rings. The summed E-state index contributed by atoms with van der Waals surface area (Å²) in [6.45, 7) is 5.65. The number of amides is 1. The van der Waals surface area contributed by atoms with Crippen molar-refractivity contribution in [2.45, 2.75) is 39.7 Å². The highest BCUT2D eigenvalue weighted by Crippen LogP contribution is 2.22. The second-order valence-electron chi connectivity index (χ2n) is 6.27. The van der Waals surface area contributed by atoms with Gasteiger partial charge in [0.15, 0.2) is 0 Å². The van der Waals surface area contributed by atoms with E-state index < -0.39 is 0 Å². The van der Waals surface area contributed by atoms with Gasteiger partial charge in [-0.3, -0.25) is 14.7 Å². The van der Waals surface area contributed by atoms with E-state index in [4.69, 9.17) is 4.74 Å². The first-order valence-corrected chi connectivity index (χ1v) is 8.31. The Balaban J connectivity index is 1.47. The van der Waals surface area contributed by atoms with Gasteiger partial charge in [0, 0.05) is 18.5 Å². The normalized spacial score (nSPS) is 13.7. The number of ether oxygens (including phenoxy) is 1. The van der Waals surface area contributed by atoms with Gasteiger partial charge in [-0.25, -0.2) is 0 Å². The Morgan fingerprint density at radius 1 is 1.25 bits per heavy atom. The van der Waals surface area contributed by atoms with Crippen LogP contribution in [0, 0.1) is 13.8 Å². The molecule has 128 valence electrons. The van der Waals surface area contributed by atoms with Gasteiger partial charge in [0.05, 0.1) is 18.8 Å². The molecule has 2 N–H and O–H groups in total. The number of aryl methyl sites for hydroxylation is 2. The van der Waals surface area contributed by atoms with Crippen molar-refractivity contribution in [1.29, 1.82) is 0 Å². The number of fused-ring (bicyclic) bond motifs is 1. The summed E-state index contributed by atoms with van der Waals surface area (Å²) < 4.78 is 5.84. The fourth-order valence-electron chi connectivity index (χ4n) is 3.13. The SMILES string of the molecule is Cc1cccc(C)c1OCCCC(=O)N1CCc2c([nH][nH]c2=O)C1. The third kappa shape index (κ3) is 3.37. The lowest BCUT2D eigenvalue weighted by Gasteiger charge is -2.26. The van der Waals surface area contributed by atoms with Crippen LogP contribution in [-0.2, 0) is 17.8 Å². The van der Waals surface area contributed by atoms with Crippen molar-refractivity contribution >= 4 is 5.91 Å². The third-order valence-electron chi connectivity index (χ3n) is 4.49. The van der Waals surface area contributed by atoms with E-state index in [1.807, 2.05) is 32.0 Å². The third-order valence-corrected chi connectivity index (χ3v) is 4.49. The molecule has 0 radical (unpaired) electrons. The molecular formula is C18H23N3O3. The average molecular weight is 329 g/mol. The lowest BCUT2D eigenvalue weighted by atomic mass is 10.1. The molecule has 3 rings (SSSR count). The Kier molecular flexibility index (Phi) is 4.74. The van der Waals surface area contributed by atoms with Crippen LogP contribution in [0.1, 0.15) is 35.2 Å². The molecule has 1 amide bonds. The van der Waals surface area contributed by atoms with Crippen LogP contribution in [-0.4, -0.2) is 34.2 Å². The second kappa shape index (κ2) is 6.95. The highest BCUT2D eigenvalue weighted by molar-refractivity contribution is 5.76. The molecule has 0 saturated heterocycles. The maximum absolute atomic E-state index is 12.3.